The Balaban J connectivity index is 2.27. The minimum absolute atomic E-state index is 0.178. The van der Waals surface area contributed by atoms with Crippen LogP contribution < -0.4 is 0 Å². The lowest BCUT2D eigenvalue weighted by Crippen LogP contribution is -2.22. The lowest BCUT2D eigenvalue weighted by Gasteiger charge is -2.12. The average molecular weight is 355 g/mol. The Hall–Kier alpha value is -2.66. The molecule has 0 atom stereocenters. The van der Waals surface area contributed by atoms with Crippen LogP contribution in [0.5, 0.6) is 0 Å². The van der Waals surface area contributed by atoms with Gasteiger partial charge in [-0.1, -0.05) is 36.4 Å². The van der Waals surface area contributed by atoms with Crippen molar-refractivity contribution in [3.8, 4) is 0 Å². The second kappa shape index (κ2) is 9.73. The zero-order valence-electron chi connectivity index (χ0n) is 15.5. The molecule has 0 aliphatic rings. The number of rotatable bonds is 8. The molecule has 26 heavy (non-hydrogen) atoms. The molecule has 2 rings (SSSR count). The average Bonchev–Trinajstić information content (AvgIpc) is 2.66. The Bertz CT molecular complexity index is 798. The third-order valence-electron chi connectivity index (χ3n) is 4.17. The molecule has 138 valence electrons. The molecule has 0 aliphatic heterocycles. The number of likely N-dealkylation sites (N-methyl/N-ethyl adjacent to an activating group) is 1. The summed E-state index contributed by atoms with van der Waals surface area (Å²) >= 11 is 0. The molecule has 0 heterocycles. The molecule has 2 aromatic rings. The lowest BCUT2D eigenvalue weighted by molar-refractivity contribution is -0.162. The van der Waals surface area contributed by atoms with Crippen molar-refractivity contribution in [2.45, 2.75) is 26.2 Å². The van der Waals surface area contributed by atoms with E-state index < -0.39 is 0 Å². The molecule has 0 fully saturated rings. The van der Waals surface area contributed by atoms with E-state index in [1.165, 1.54) is 18.2 Å². The number of hydrogen-bond acceptors (Lipinski definition) is 4. The van der Waals surface area contributed by atoms with Gasteiger partial charge in [0.1, 0.15) is 0 Å². The highest BCUT2D eigenvalue weighted by Crippen LogP contribution is 2.25. The number of hydrogen-bond donors (Lipinski definition) is 0. The number of carbonyl (C=O) groups is 2. The summed E-state index contributed by atoms with van der Waals surface area (Å²) in [6.07, 6.45) is 5.14. The number of hydroxylamine groups is 2. The summed E-state index contributed by atoms with van der Waals surface area (Å²) in [6, 6.07) is 12.2. The van der Waals surface area contributed by atoms with Gasteiger partial charge >= 0.3 is 5.97 Å². The van der Waals surface area contributed by atoms with Gasteiger partial charge in [-0.3, -0.25) is 14.4 Å². The molecule has 0 saturated carbocycles. The van der Waals surface area contributed by atoms with Gasteiger partial charge in [0.05, 0.1) is 13.7 Å². The zero-order valence-corrected chi connectivity index (χ0v) is 15.5. The fourth-order valence-electron chi connectivity index (χ4n) is 2.76. The number of amides is 1. The standard InChI is InChI=1S/C21H25NO4/c1-4-26-21(24)11-7-9-17-13-12-16-8-5-6-10-18(16)19(17)14-15-20(23)22(2)25-3/h5-6,8,10,12-15H,4,7,9,11H2,1-3H3/b15-14+. The van der Waals surface area contributed by atoms with Crippen LogP contribution in [-0.4, -0.2) is 37.7 Å². The zero-order chi connectivity index (χ0) is 18.9. The van der Waals surface area contributed by atoms with Crippen molar-refractivity contribution < 1.29 is 19.2 Å². The molecule has 0 aliphatic carbocycles. The lowest BCUT2D eigenvalue weighted by atomic mass is 9.95. The van der Waals surface area contributed by atoms with Crippen molar-refractivity contribution in [2.24, 2.45) is 0 Å². The number of ether oxygens (including phenoxy) is 1. The Morgan fingerprint density at radius 3 is 2.65 bits per heavy atom. The molecular weight excluding hydrogens is 330 g/mol. The van der Waals surface area contributed by atoms with Gasteiger partial charge < -0.3 is 4.74 Å². The molecule has 5 nitrogen and oxygen atoms in total. The van der Waals surface area contributed by atoms with E-state index in [-0.39, 0.29) is 11.9 Å². The second-order valence-electron chi connectivity index (χ2n) is 5.87. The fraction of sp³-hybridized carbons (Fsp3) is 0.333. The maximum atomic E-state index is 12.0. The van der Waals surface area contributed by atoms with Gasteiger partial charge in [0.15, 0.2) is 0 Å². The van der Waals surface area contributed by atoms with Gasteiger partial charge in [0.2, 0.25) is 0 Å². The van der Waals surface area contributed by atoms with Crippen LogP contribution in [0, 0.1) is 0 Å². The van der Waals surface area contributed by atoms with Crippen LogP contribution >= 0.6 is 0 Å². The van der Waals surface area contributed by atoms with Crippen molar-refractivity contribution >= 4 is 28.7 Å². The van der Waals surface area contributed by atoms with E-state index in [4.69, 9.17) is 9.57 Å². The summed E-state index contributed by atoms with van der Waals surface area (Å²) < 4.78 is 4.98. The first kappa shape index (κ1) is 19.7. The van der Waals surface area contributed by atoms with E-state index in [1.807, 2.05) is 30.3 Å². The summed E-state index contributed by atoms with van der Waals surface area (Å²) in [5.74, 6) is -0.416. The van der Waals surface area contributed by atoms with Gasteiger partial charge in [-0.15, -0.1) is 0 Å². The molecule has 2 aromatic carbocycles. The minimum atomic E-state index is -0.238. The maximum Gasteiger partial charge on any atom is 0.305 e. The summed E-state index contributed by atoms with van der Waals surface area (Å²) in [6.45, 7) is 2.20. The summed E-state index contributed by atoms with van der Waals surface area (Å²) in [5.41, 5.74) is 2.09. The van der Waals surface area contributed by atoms with Crippen molar-refractivity contribution in [3.05, 3.63) is 53.6 Å². The number of carbonyl (C=O) groups excluding carboxylic acids is 2. The number of fused-ring (bicyclic) bond motifs is 1. The second-order valence-corrected chi connectivity index (χ2v) is 5.87. The monoisotopic (exact) mass is 355 g/mol. The summed E-state index contributed by atoms with van der Waals surface area (Å²) in [4.78, 5) is 28.5. The predicted octanol–water partition coefficient (Wildman–Crippen LogP) is 3.76. The molecule has 0 bridgehead atoms. The van der Waals surface area contributed by atoms with Gasteiger partial charge in [-0.05, 0) is 47.7 Å². The van der Waals surface area contributed by atoms with Gasteiger partial charge in [0.25, 0.3) is 5.91 Å². The van der Waals surface area contributed by atoms with E-state index in [0.29, 0.717) is 19.4 Å². The van der Waals surface area contributed by atoms with Crippen LogP contribution in [0.2, 0.25) is 0 Å². The van der Waals surface area contributed by atoms with E-state index in [2.05, 4.69) is 12.1 Å². The Labute approximate surface area is 154 Å². The van der Waals surface area contributed by atoms with Crippen LogP contribution in [0.25, 0.3) is 16.8 Å². The van der Waals surface area contributed by atoms with E-state index in [9.17, 15) is 9.59 Å². The summed E-state index contributed by atoms with van der Waals surface area (Å²) in [5, 5.41) is 3.35. The molecule has 0 N–H and O–H groups in total. The van der Waals surface area contributed by atoms with Crippen LogP contribution in [0.3, 0.4) is 0 Å². The van der Waals surface area contributed by atoms with E-state index in [1.54, 1.807) is 14.0 Å². The number of esters is 1. The topological polar surface area (TPSA) is 55.8 Å². The van der Waals surface area contributed by atoms with E-state index >= 15 is 0 Å². The predicted molar refractivity (Wildman–Crippen MR) is 102 cm³/mol. The maximum absolute atomic E-state index is 12.0. The molecule has 0 spiro atoms. The molecular formula is C21H25NO4. The molecule has 0 radical (unpaired) electrons. The van der Waals surface area contributed by atoms with E-state index in [0.717, 1.165) is 28.3 Å². The first-order valence-electron chi connectivity index (χ1n) is 8.73. The fourth-order valence-corrected chi connectivity index (χ4v) is 2.76. The van der Waals surface area contributed by atoms with Crippen molar-refractivity contribution in [1.82, 2.24) is 5.06 Å². The highest BCUT2D eigenvalue weighted by Gasteiger charge is 2.09. The van der Waals surface area contributed by atoms with Crippen molar-refractivity contribution in [3.63, 3.8) is 0 Å². The molecule has 5 heteroatoms. The number of benzene rings is 2. The molecule has 0 saturated heterocycles. The van der Waals surface area contributed by atoms with Gasteiger partial charge in [-0.2, -0.15) is 0 Å². The Morgan fingerprint density at radius 1 is 1.15 bits per heavy atom. The third kappa shape index (κ3) is 5.17. The highest BCUT2D eigenvalue weighted by molar-refractivity contribution is 5.97. The first-order valence-corrected chi connectivity index (χ1v) is 8.73. The SMILES string of the molecule is CCOC(=O)CCCc1ccc2ccccc2c1/C=C/C(=O)N(C)OC. The van der Waals surface area contributed by atoms with Gasteiger partial charge in [0, 0.05) is 19.5 Å². The third-order valence-corrected chi connectivity index (χ3v) is 4.17. The van der Waals surface area contributed by atoms with Crippen LogP contribution in [0.4, 0.5) is 0 Å². The Morgan fingerprint density at radius 2 is 1.92 bits per heavy atom. The summed E-state index contributed by atoms with van der Waals surface area (Å²) in [7, 11) is 3.01. The molecule has 0 unspecified atom stereocenters. The van der Waals surface area contributed by atoms with Crippen LogP contribution in [0.15, 0.2) is 42.5 Å². The smallest absolute Gasteiger partial charge is 0.305 e. The van der Waals surface area contributed by atoms with Crippen molar-refractivity contribution in [2.75, 3.05) is 20.8 Å². The van der Waals surface area contributed by atoms with Gasteiger partial charge in [-0.25, -0.2) is 5.06 Å². The molecule has 1 amide bonds. The minimum Gasteiger partial charge on any atom is -0.466 e. The highest BCUT2D eigenvalue weighted by atomic mass is 16.7. The normalized spacial score (nSPS) is 11.0. The number of aryl methyl sites for hydroxylation is 1. The number of nitrogens with zero attached hydrogens (tertiary/aromatic N) is 1. The van der Waals surface area contributed by atoms with Crippen LogP contribution in [0.1, 0.15) is 30.9 Å². The first-order chi connectivity index (χ1) is 12.6. The molecule has 0 aromatic heterocycles. The largest absolute Gasteiger partial charge is 0.466 e. The Kier molecular flexibility index (Phi) is 7.36. The van der Waals surface area contributed by atoms with Crippen molar-refractivity contribution in [1.29, 1.82) is 0 Å². The quantitative estimate of drug-likeness (QED) is 0.411. The van der Waals surface area contributed by atoms with Crippen LogP contribution in [-0.2, 0) is 25.6 Å².